The van der Waals surface area contributed by atoms with Gasteiger partial charge in [-0.25, -0.2) is 8.42 Å². The monoisotopic (exact) mass is 373 g/mol. The van der Waals surface area contributed by atoms with E-state index in [9.17, 15) is 21.6 Å². The maximum absolute atomic E-state index is 12.9. The molecule has 1 aromatic carbocycles. The normalized spacial score (nSPS) is 13.3. The SMILES string of the molecule is CC(C)(CNc1ccc(Br)cc1C(F)(F)F)S(C)(=O)=O. The number of anilines is 1. The number of benzene rings is 1. The van der Waals surface area contributed by atoms with Crippen LogP contribution in [0.1, 0.15) is 19.4 Å². The Morgan fingerprint density at radius 2 is 1.80 bits per heavy atom. The van der Waals surface area contributed by atoms with Crippen LogP contribution in [0.15, 0.2) is 22.7 Å². The third-order valence-corrected chi connectivity index (χ3v) is 5.64. The molecule has 1 aromatic rings. The first-order valence-electron chi connectivity index (χ1n) is 5.65. The topological polar surface area (TPSA) is 46.2 Å². The van der Waals surface area contributed by atoms with E-state index in [1.165, 1.54) is 26.0 Å². The second-order valence-electron chi connectivity index (χ2n) is 5.07. The van der Waals surface area contributed by atoms with Crippen molar-refractivity contribution >= 4 is 31.5 Å². The molecule has 3 nitrogen and oxygen atoms in total. The van der Waals surface area contributed by atoms with Crippen molar-refractivity contribution in [2.45, 2.75) is 24.8 Å². The molecule has 0 heterocycles. The van der Waals surface area contributed by atoms with Gasteiger partial charge >= 0.3 is 6.18 Å². The van der Waals surface area contributed by atoms with Gasteiger partial charge in [0.1, 0.15) is 0 Å². The summed E-state index contributed by atoms with van der Waals surface area (Å²) in [6.45, 7) is 2.81. The minimum atomic E-state index is -4.51. The summed E-state index contributed by atoms with van der Waals surface area (Å²) in [4.78, 5) is 0. The predicted molar refractivity (Wildman–Crippen MR) is 76.6 cm³/mol. The van der Waals surface area contributed by atoms with Crippen LogP contribution in [0, 0.1) is 0 Å². The summed E-state index contributed by atoms with van der Waals surface area (Å²) in [7, 11) is -3.38. The average molecular weight is 374 g/mol. The molecule has 0 atom stereocenters. The number of hydrogen-bond acceptors (Lipinski definition) is 3. The van der Waals surface area contributed by atoms with E-state index in [0.29, 0.717) is 4.47 Å². The highest BCUT2D eigenvalue weighted by Gasteiger charge is 2.35. The van der Waals surface area contributed by atoms with Gasteiger partial charge in [0.05, 0.1) is 10.3 Å². The van der Waals surface area contributed by atoms with Crippen molar-refractivity contribution in [3.63, 3.8) is 0 Å². The van der Waals surface area contributed by atoms with Crippen molar-refractivity contribution in [3.05, 3.63) is 28.2 Å². The molecule has 0 unspecified atom stereocenters. The lowest BCUT2D eigenvalue weighted by atomic mass is 10.1. The van der Waals surface area contributed by atoms with Crippen LogP contribution in [0.4, 0.5) is 18.9 Å². The van der Waals surface area contributed by atoms with Crippen molar-refractivity contribution in [2.24, 2.45) is 0 Å². The van der Waals surface area contributed by atoms with Crippen molar-refractivity contribution in [3.8, 4) is 0 Å². The molecule has 0 radical (unpaired) electrons. The Labute approximate surface area is 124 Å². The quantitative estimate of drug-likeness (QED) is 0.874. The summed E-state index contributed by atoms with van der Waals surface area (Å²) < 4.78 is 60.9. The minimum Gasteiger partial charge on any atom is -0.383 e. The molecule has 0 amide bonds. The molecule has 20 heavy (non-hydrogen) atoms. The highest BCUT2D eigenvalue weighted by molar-refractivity contribution is 9.10. The van der Waals surface area contributed by atoms with Crippen LogP contribution in [-0.2, 0) is 16.0 Å². The minimum absolute atomic E-state index is 0.115. The molecule has 0 fully saturated rings. The summed E-state index contributed by atoms with van der Waals surface area (Å²) in [6.07, 6.45) is -3.46. The van der Waals surface area contributed by atoms with E-state index in [1.807, 2.05) is 0 Å². The Balaban J connectivity index is 3.06. The van der Waals surface area contributed by atoms with E-state index in [0.717, 1.165) is 12.3 Å². The molecule has 0 saturated carbocycles. The van der Waals surface area contributed by atoms with Crippen LogP contribution in [0.2, 0.25) is 0 Å². The van der Waals surface area contributed by atoms with Gasteiger partial charge in [-0.15, -0.1) is 0 Å². The van der Waals surface area contributed by atoms with E-state index in [4.69, 9.17) is 0 Å². The summed E-state index contributed by atoms with van der Waals surface area (Å²) in [5, 5.41) is 2.57. The van der Waals surface area contributed by atoms with Gasteiger partial charge in [-0.05, 0) is 32.0 Å². The van der Waals surface area contributed by atoms with Crippen LogP contribution < -0.4 is 5.32 Å². The second-order valence-corrected chi connectivity index (χ2v) is 8.64. The van der Waals surface area contributed by atoms with Gasteiger partial charge in [-0.1, -0.05) is 15.9 Å². The highest BCUT2D eigenvalue weighted by Crippen LogP contribution is 2.36. The molecule has 0 aliphatic heterocycles. The largest absolute Gasteiger partial charge is 0.418 e. The lowest BCUT2D eigenvalue weighted by Gasteiger charge is -2.24. The number of hydrogen-bond donors (Lipinski definition) is 1. The number of alkyl halides is 3. The molecular formula is C12H15BrF3NO2S. The van der Waals surface area contributed by atoms with E-state index in [1.54, 1.807) is 0 Å². The zero-order chi connectivity index (χ0) is 15.8. The Morgan fingerprint density at radius 3 is 2.25 bits per heavy atom. The van der Waals surface area contributed by atoms with Gasteiger partial charge in [0.2, 0.25) is 0 Å². The maximum Gasteiger partial charge on any atom is 0.418 e. The van der Waals surface area contributed by atoms with Gasteiger partial charge in [0, 0.05) is 23.0 Å². The molecule has 114 valence electrons. The lowest BCUT2D eigenvalue weighted by molar-refractivity contribution is -0.137. The van der Waals surface area contributed by atoms with Crippen LogP contribution in [0.3, 0.4) is 0 Å². The van der Waals surface area contributed by atoms with Crippen molar-refractivity contribution in [1.29, 1.82) is 0 Å². The van der Waals surface area contributed by atoms with Crippen molar-refractivity contribution < 1.29 is 21.6 Å². The van der Waals surface area contributed by atoms with Crippen LogP contribution in [0.25, 0.3) is 0 Å². The fraction of sp³-hybridized carbons (Fsp3) is 0.500. The first-order chi connectivity index (χ1) is 8.84. The zero-order valence-corrected chi connectivity index (χ0v) is 13.6. The maximum atomic E-state index is 12.9. The number of nitrogens with one attached hydrogen (secondary N) is 1. The molecule has 0 spiro atoms. The van der Waals surface area contributed by atoms with Crippen LogP contribution >= 0.6 is 15.9 Å². The van der Waals surface area contributed by atoms with E-state index in [-0.39, 0.29) is 12.2 Å². The predicted octanol–water partition coefficient (Wildman–Crippen LogP) is 3.70. The smallest absolute Gasteiger partial charge is 0.383 e. The molecule has 0 aliphatic carbocycles. The Kier molecular flexibility index (Phi) is 4.80. The second kappa shape index (κ2) is 5.55. The number of halogens is 4. The molecular weight excluding hydrogens is 359 g/mol. The van der Waals surface area contributed by atoms with E-state index in [2.05, 4.69) is 21.2 Å². The molecule has 0 aliphatic rings. The summed E-state index contributed by atoms with van der Waals surface area (Å²) in [5.41, 5.74) is -0.978. The van der Waals surface area contributed by atoms with Gasteiger partial charge in [-0.2, -0.15) is 13.2 Å². The Hall–Kier alpha value is -0.760. The first-order valence-corrected chi connectivity index (χ1v) is 8.33. The van der Waals surface area contributed by atoms with Gasteiger partial charge in [-0.3, -0.25) is 0 Å². The summed E-state index contributed by atoms with van der Waals surface area (Å²) in [5.74, 6) is 0. The third kappa shape index (κ3) is 4.12. The fourth-order valence-electron chi connectivity index (χ4n) is 1.34. The third-order valence-electron chi connectivity index (χ3n) is 3.00. The molecule has 0 aromatic heterocycles. The molecule has 0 saturated heterocycles. The first kappa shape index (κ1) is 17.3. The summed E-state index contributed by atoms with van der Waals surface area (Å²) in [6, 6.07) is 3.69. The number of sulfone groups is 1. The lowest BCUT2D eigenvalue weighted by Crippen LogP contribution is -2.38. The van der Waals surface area contributed by atoms with E-state index < -0.39 is 26.3 Å². The molecule has 1 rings (SSSR count). The molecule has 1 N–H and O–H groups in total. The van der Waals surface area contributed by atoms with Gasteiger partial charge < -0.3 is 5.32 Å². The number of rotatable bonds is 4. The van der Waals surface area contributed by atoms with E-state index >= 15 is 0 Å². The zero-order valence-electron chi connectivity index (χ0n) is 11.2. The Bertz CT molecular complexity index is 597. The van der Waals surface area contributed by atoms with Gasteiger partial charge in [0.15, 0.2) is 9.84 Å². The average Bonchev–Trinajstić information content (AvgIpc) is 2.24. The standard InChI is InChI=1S/C12H15BrF3NO2S/c1-11(2,20(3,18)19)7-17-10-5-4-8(13)6-9(10)12(14,15)16/h4-6,17H,7H2,1-3H3. The van der Waals surface area contributed by atoms with Crippen molar-refractivity contribution in [1.82, 2.24) is 0 Å². The fourth-order valence-corrected chi connectivity index (χ4v) is 2.04. The molecule has 8 heteroatoms. The van der Waals surface area contributed by atoms with Crippen LogP contribution in [-0.4, -0.2) is 26.0 Å². The van der Waals surface area contributed by atoms with Gasteiger partial charge in [0.25, 0.3) is 0 Å². The highest BCUT2D eigenvalue weighted by atomic mass is 79.9. The van der Waals surface area contributed by atoms with Crippen LogP contribution in [0.5, 0.6) is 0 Å². The summed E-state index contributed by atoms with van der Waals surface area (Å²) >= 11 is 2.99. The van der Waals surface area contributed by atoms with Crippen molar-refractivity contribution in [2.75, 3.05) is 18.1 Å². The Morgan fingerprint density at radius 1 is 1.25 bits per heavy atom. The molecule has 0 bridgehead atoms.